The lowest BCUT2D eigenvalue weighted by atomic mass is 9.97. The first kappa shape index (κ1) is 21.0. The van der Waals surface area contributed by atoms with Crippen molar-refractivity contribution in [1.82, 2.24) is 19.1 Å². The third-order valence-corrected chi connectivity index (χ3v) is 7.95. The number of nitriles is 1. The zero-order valence-electron chi connectivity index (χ0n) is 19.1. The van der Waals surface area contributed by atoms with E-state index in [1.165, 1.54) is 11.5 Å². The van der Waals surface area contributed by atoms with Gasteiger partial charge in [-0.05, 0) is 75.2 Å². The summed E-state index contributed by atoms with van der Waals surface area (Å²) in [6.07, 6.45) is 4.88. The Morgan fingerprint density at radius 1 is 1.24 bits per heavy atom. The summed E-state index contributed by atoms with van der Waals surface area (Å²) in [5.41, 5.74) is 4.24. The average Bonchev–Trinajstić information content (AvgIpc) is 3.38. The molecule has 5 heterocycles. The monoisotopic (exact) mass is 464 g/mol. The third-order valence-electron chi connectivity index (χ3n) is 7.08. The first-order chi connectivity index (χ1) is 16.1. The lowest BCUT2D eigenvalue weighted by molar-refractivity contribution is -0.0385. The molecule has 3 aromatic heterocycles. The van der Waals surface area contributed by atoms with Crippen molar-refractivity contribution in [3.05, 3.63) is 23.4 Å². The standard InChI is InChI=1S/C24H28N6O2S/c1-15-11-18(30(27-15)20-5-3-4-9-32-20)21-22-23(33-28-21)17(24(14-25)6-7-24)12-19(26-22)29-8-10-31-13-16(29)2/h11-12,16,20H,3-10,13H2,1-2H3/t16-,20?/m1/s1. The molecule has 0 spiro atoms. The largest absolute Gasteiger partial charge is 0.377 e. The summed E-state index contributed by atoms with van der Waals surface area (Å²) in [6, 6.07) is 7.03. The van der Waals surface area contributed by atoms with Gasteiger partial charge in [0, 0.05) is 13.2 Å². The normalized spacial score (nSPS) is 24.7. The van der Waals surface area contributed by atoms with E-state index in [9.17, 15) is 5.26 Å². The Bertz CT molecular complexity index is 1230. The number of anilines is 1. The lowest BCUT2D eigenvalue weighted by Gasteiger charge is -2.34. The number of ether oxygens (including phenoxy) is 2. The second kappa shape index (κ2) is 8.05. The van der Waals surface area contributed by atoms with Gasteiger partial charge in [-0.1, -0.05) is 0 Å². The molecule has 2 saturated heterocycles. The van der Waals surface area contributed by atoms with Crippen molar-refractivity contribution in [2.45, 2.75) is 63.6 Å². The molecule has 2 atom stereocenters. The zero-order valence-corrected chi connectivity index (χ0v) is 19.9. The van der Waals surface area contributed by atoms with Crippen molar-refractivity contribution in [3.8, 4) is 17.5 Å². The highest BCUT2D eigenvalue weighted by molar-refractivity contribution is 7.13. The van der Waals surface area contributed by atoms with Gasteiger partial charge in [-0.25, -0.2) is 9.67 Å². The van der Waals surface area contributed by atoms with Crippen LogP contribution in [-0.2, 0) is 14.9 Å². The van der Waals surface area contributed by atoms with Crippen LogP contribution >= 0.6 is 11.5 Å². The van der Waals surface area contributed by atoms with Crippen molar-refractivity contribution in [2.75, 3.05) is 31.3 Å². The summed E-state index contributed by atoms with van der Waals surface area (Å²) in [7, 11) is 0. The molecule has 3 fully saturated rings. The third kappa shape index (κ3) is 3.52. The minimum Gasteiger partial charge on any atom is -0.377 e. The molecular weight excluding hydrogens is 436 g/mol. The van der Waals surface area contributed by atoms with Gasteiger partial charge in [0.25, 0.3) is 0 Å². The minimum absolute atomic E-state index is 0.0741. The number of nitrogens with zero attached hydrogens (tertiary/aromatic N) is 6. The van der Waals surface area contributed by atoms with Gasteiger partial charge in [0.05, 0.1) is 46.8 Å². The van der Waals surface area contributed by atoms with E-state index >= 15 is 0 Å². The van der Waals surface area contributed by atoms with Gasteiger partial charge in [-0.2, -0.15) is 14.7 Å². The highest BCUT2D eigenvalue weighted by Gasteiger charge is 2.47. The topological polar surface area (TPSA) is 89.1 Å². The van der Waals surface area contributed by atoms with Crippen molar-refractivity contribution in [3.63, 3.8) is 0 Å². The van der Waals surface area contributed by atoms with Crippen LogP contribution in [0, 0.1) is 18.3 Å². The molecule has 0 N–H and O–H groups in total. The quantitative estimate of drug-likeness (QED) is 0.567. The van der Waals surface area contributed by atoms with Crippen molar-refractivity contribution < 1.29 is 9.47 Å². The molecule has 0 aromatic carbocycles. The Morgan fingerprint density at radius 2 is 2.12 bits per heavy atom. The van der Waals surface area contributed by atoms with Crippen molar-refractivity contribution in [1.29, 1.82) is 5.26 Å². The van der Waals surface area contributed by atoms with E-state index in [1.54, 1.807) is 0 Å². The number of hydrogen-bond donors (Lipinski definition) is 0. The molecular formula is C24H28N6O2S. The summed E-state index contributed by atoms with van der Waals surface area (Å²) in [6.45, 7) is 7.08. The number of pyridine rings is 1. The maximum Gasteiger partial charge on any atom is 0.150 e. The molecule has 1 unspecified atom stereocenters. The van der Waals surface area contributed by atoms with Crippen LogP contribution in [0.2, 0.25) is 0 Å². The Labute approximate surface area is 197 Å². The summed E-state index contributed by atoms with van der Waals surface area (Å²) in [5.74, 6) is 0.910. The van der Waals surface area contributed by atoms with Crippen molar-refractivity contribution in [2.24, 2.45) is 0 Å². The fourth-order valence-corrected chi connectivity index (χ4v) is 5.99. The fraction of sp³-hybridized carbons (Fsp3) is 0.583. The average molecular weight is 465 g/mol. The molecule has 9 heteroatoms. The van der Waals surface area contributed by atoms with Crippen LogP contribution in [0.3, 0.4) is 0 Å². The fourth-order valence-electron chi connectivity index (χ4n) is 5.04. The SMILES string of the molecule is Cc1cc(-c2nsc3c(C4(C#N)CC4)cc(N4CCOC[C@H]4C)nc23)n(C2CCCCO2)n1. The van der Waals surface area contributed by atoms with Crippen LogP contribution in [0.4, 0.5) is 5.82 Å². The summed E-state index contributed by atoms with van der Waals surface area (Å²) in [5, 5.41) is 14.8. The van der Waals surface area contributed by atoms with Gasteiger partial charge in [0.2, 0.25) is 0 Å². The number of aromatic nitrogens is 4. The Balaban J connectivity index is 1.53. The first-order valence-corrected chi connectivity index (χ1v) is 12.6. The van der Waals surface area contributed by atoms with Gasteiger partial charge >= 0.3 is 0 Å². The molecule has 8 nitrogen and oxygen atoms in total. The Hall–Kier alpha value is -2.54. The molecule has 0 bridgehead atoms. The van der Waals surface area contributed by atoms with E-state index in [2.05, 4.69) is 30.0 Å². The van der Waals surface area contributed by atoms with E-state index < -0.39 is 5.41 Å². The highest BCUT2D eigenvalue weighted by Crippen LogP contribution is 2.52. The highest BCUT2D eigenvalue weighted by atomic mass is 32.1. The predicted molar refractivity (Wildman–Crippen MR) is 126 cm³/mol. The molecule has 3 aromatic rings. The van der Waals surface area contributed by atoms with Gasteiger partial charge < -0.3 is 14.4 Å². The van der Waals surface area contributed by atoms with E-state index in [4.69, 9.17) is 23.9 Å². The Kier molecular flexibility index (Phi) is 5.13. The summed E-state index contributed by atoms with van der Waals surface area (Å²) in [4.78, 5) is 7.44. The summed E-state index contributed by atoms with van der Waals surface area (Å²) >= 11 is 1.45. The second-order valence-corrected chi connectivity index (χ2v) is 10.3. The van der Waals surface area contributed by atoms with E-state index in [1.807, 2.05) is 11.6 Å². The Morgan fingerprint density at radius 3 is 2.85 bits per heavy atom. The van der Waals surface area contributed by atoms with Gasteiger partial charge in [0.1, 0.15) is 17.0 Å². The minimum atomic E-state index is -0.419. The van der Waals surface area contributed by atoms with Crippen LogP contribution in [0.25, 0.3) is 21.6 Å². The van der Waals surface area contributed by atoms with E-state index in [0.717, 1.165) is 83.9 Å². The number of morpholine rings is 1. The predicted octanol–water partition coefficient (Wildman–Crippen LogP) is 4.34. The second-order valence-electron chi connectivity index (χ2n) is 9.48. The molecule has 33 heavy (non-hydrogen) atoms. The molecule has 1 saturated carbocycles. The van der Waals surface area contributed by atoms with Crippen LogP contribution in [-0.4, -0.2) is 51.5 Å². The van der Waals surface area contributed by atoms with Crippen molar-refractivity contribution >= 4 is 27.6 Å². The molecule has 3 aliphatic rings. The van der Waals surface area contributed by atoms with Crippen LogP contribution in [0.1, 0.15) is 56.5 Å². The van der Waals surface area contributed by atoms with E-state index in [0.29, 0.717) is 13.2 Å². The number of rotatable bonds is 4. The maximum absolute atomic E-state index is 10.0. The van der Waals surface area contributed by atoms with Gasteiger partial charge in [-0.15, -0.1) is 0 Å². The van der Waals surface area contributed by atoms with Crippen LogP contribution in [0.5, 0.6) is 0 Å². The first-order valence-electron chi connectivity index (χ1n) is 11.8. The van der Waals surface area contributed by atoms with Gasteiger partial charge in [-0.3, -0.25) is 0 Å². The smallest absolute Gasteiger partial charge is 0.150 e. The number of hydrogen-bond acceptors (Lipinski definition) is 8. The molecule has 1 aliphatic carbocycles. The van der Waals surface area contributed by atoms with Crippen LogP contribution < -0.4 is 4.90 Å². The van der Waals surface area contributed by atoms with Crippen LogP contribution in [0.15, 0.2) is 12.1 Å². The molecule has 172 valence electrons. The zero-order chi connectivity index (χ0) is 22.6. The number of fused-ring (bicyclic) bond motifs is 1. The molecule has 2 aliphatic heterocycles. The molecule has 0 radical (unpaired) electrons. The lowest BCUT2D eigenvalue weighted by Crippen LogP contribution is -2.44. The summed E-state index contributed by atoms with van der Waals surface area (Å²) < 4.78 is 19.6. The maximum atomic E-state index is 10.0. The number of aryl methyl sites for hydroxylation is 1. The molecule has 6 rings (SSSR count). The molecule has 0 amide bonds. The van der Waals surface area contributed by atoms with E-state index in [-0.39, 0.29) is 12.3 Å². The van der Waals surface area contributed by atoms with Gasteiger partial charge in [0.15, 0.2) is 6.23 Å².